The van der Waals surface area contributed by atoms with Crippen molar-refractivity contribution in [2.75, 3.05) is 14.2 Å². The van der Waals surface area contributed by atoms with Crippen LogP contribution in [-0.2, 0) is 11.2 Å². The van der Waals surface area contributed by atoms with Crippen molar-refractivity contribution < 1.29 is 14.3 Å². The first-order valence-electron chi connectivity index (χ1n) is 7.60. The summed E-state index contributed by atoms with van der Waals surface area (Å²) >= 11 is 0. The Balaban J connectivity index is 2.01. The molecule has 0 radical (unpaired) electrons. The molecule has 0 heterocycles. The van der Waals surface area contributed by atoms with Gasteiger partial charge in [-0.3, -0.25) is 4.79 Å². The number of aryl methyl sites for hydroxylation is 1. The third-order valence-corrected chi connectivity index (χ3v) is 3.77. The predicted molar refractivity (Wildman–Crippen MR) is 91.0 cm³/mol. The highest BCUT2D eigenvalue weighted by Gasteiger charge is 2.13. The summed E-state index contributed by atoms with van der Waals surface area (Å²) in [6.45, 7) is 3.98. The maximum atomic E-state index is 12.2. The molecular formula is C19H23NO3. The largest absolute Gasteiger partial charge is 0.493 e. The molecular weight excluding hydrogens is 290 g/mol. The number of amides is 1. The maximum absolute atomic E-state index is 12.2. The lowest BCUT2D eigenvalue weighted by atomic mass is 10.1. The third-order valence-electron chi connectivity index (χ3n) is 3.77. The van der Waals surface area contributed by atoms with Gasteiger partial charge in [-0.05, 0) is 37.1 Å². The Morgan fingerprint density at radius 3 is 2.30 bits per heavy atom. The number of nitrogens with one attached hydrogen (secondary N) is 1. The number of hydrogen-bond acceptors (Lipinski definition) is 3. The van der Waals surface area contributed by atoms with Crippen LogP contribution in [0.4, 0.5) is 0 Å². The van der Waals surface area contributed by atoms with Gasteiger partial charge in [-0.1, -0.05) is 35.9 Å². The second kappa shape index (κ2) is 7.68. The Kier molecular flexibility index (Phi) is 5.63. The van der Waals surface area contributed by atoms with Crippen LogP contribution < -0.4 is 14.8 Å². The minimum Gasteiger partial charge on any atom is -0.493 e. The molecule has 0 saturated carbocycles. The van der Waals surface area contributed by atoms with Crippen molar-refractivity contribution in [3.63, 3.8) is 0 Å². The van der Waals surface area contributed by atoms with Gasteiger partial charge in [0.15, 0.2) is 11.5 Å². The number of hydrogen-bond donors (Lipinski definition) is 1. The zero-order valence-corrected chi connectivity index (χ0v) is 14.1. The number of ether oxygens (including phenoxy) is 2. The van der Waals surface area contributed by atoms with Crippen LogP contribution in [0.2, 0.25) is 0 Å². The van der Waals surface area contributed by atoms with Crippen LogP contribution in [0.25, 0.3) is 0 Å². The molecule has 0 saturated heterocycles. The summed E-state index contributed by atoms with van der Waals surface area (Å²) in [7, 11) is 3.20. The van der Waals surface area contributed by atoms with Crippen LogP contribution in [0.1, 0.15) is 29.7 Å². The first-order chi connectivity index (χ1) is 11.0. The SMILES string of the molecule is COc1ccc([C@@H](C)NC(=O)Cc2ccc(C)cc2)cc1OC. The summed E-state index contributed by atoms with van der Waals surface area (Å²) in [6, 6.07) is 13.5. The molecule has 2 rings (SSSR count). The molecule has 1 amide bonds. The lowest BCUT2D eigenvalue weighted by Crippen LogP contribution is -2.28. The number of carbonyl (C=O) groups is 1. The normalized spacial score (nSPS) is 11.7. The smallest absolute Gasteiger partial charge is 0.224 e. The molecule has 0 aliphatic heterocycles. The van der Waals surface area contributed by atoms with Gasteiger partial charge in [-0.25, -0.2) is 0 Å². The summed E-state index contributed by atoms with van der Waals surface area (Å²) in [5, 5.41) is 3.01. The Hall–Kier alpha value is -2.49. The van der Waals surface area contributed by atoms with E-state index in [0.29, 0.717) is 17.9 Å². The van der Waals surface area contributed by atoms with Crippen LogP contribution in [0.3, 0.4) is 0 Å². The fourth-order valence-electron chi connectivity index (χ4n) is 2.39. The van der Waals surface area contributed by atoms with E-state index in [4.69, 9.17) is 9.47 Å². The third kappa shape index (κ3) is 4.49. The minimum absolute atomic E-state index is 0.00358. The Labute approximate surface area is 137 Å². The lowest BCUT2D eigenvalue weighted by molar-refractivity contribution is -0.121. The molecule has 1 N–H and O–H groups in total. The molecule has 4 heteroatoms. The first kappa shape index (κ1) is 16.9. The molecule has 122 valence electrons. The molecule has 2 aromatic rings. The number of carbonyl (C=O) groups excluding carboxylic acids is 1. The van der Waals surface area contributed by atoms with E-state index in [1.165, 1.54) is 5.56 Å². The molecule has 4 nitrogen and oxygen atoms in total. The van der Waals surface area contributed by atoms with E-state index in [2.05, 4.69) is 5.32 Å². The van der Waals surface area contributed by atoms with Crippen molar-refractivity contribution in [1.29, 1.82) is 0 Å². The standard InChI is InChI=1S/C19H23NO3/c1-13-5-7-15(8-6-13)11-19(21)20-14(2)16-9-10-17(22-3)18(12-16)23-4/h5-10,12,14H,11H2,1-4H3,(H,20,21)/t14-/m1/s1. The van der Waals surface area contributed by atoms with E-state index < -0.39 is 0 Å². The summed E-state index contributed by atoms with van der Waals surface area (Å²) in [5.41, 5.74) is 3.17. The van der Waals surface area contributed by atoms with Gasteiger partial charge in [0.2, 0.25) is 5.91 Å². The number of rotatable bonds is 6. The average Bonchev–Trinajstić information content (AvgIpc) is 2.56. The lowest BCUT2D eigenvalue weighted by Gasteiger charge is -2.16. The first-order valence-corrected chi connectivity index (χ1v) is 7.60. The van der Waals surface area contributed by atoms with E-state index in [9.17, 15) is 4.79 Å². The van der Waals surface area contributed by atoms with E-state index >= 15 is 0 Å². The van der Waals surface area contributed by atoms with Crippen molar-refractivity contribution >= 4 is 5.91 Å². The Morgan fingerprint density at radius 1 is 1.04 bits per heavy atom. The second-order valence-electron chi connectivity index (χ2n) is 5.57. The maximum Gasteiger partial charge on any atom is 0.224 e. The molecule has 23 heavy (non-hydrogen) atoms. The summed E-state index contributed by atoms with van der Waals surface area (Å²) < 4.78 is 10.5. The highest BCUT2D eigenvalue weighted by atomic mass is 16.5. The highest BCUT2D eigenvalue weighted by molar-refractivity contribution is 5.79. The van der Waals surface area contributed by atoms with E-state index in [1.54, 1.807) is 14.2 Å². The fraction of sp³-hybridized carbons (Fsp3) is 0.316. The molecule has 0 bridgehead atoms. The highest BCUT2D eigenvalue weighted by Crippen LogP contribution is 2.29. The van der Waals surface area contributed by atoms with Crippen LogP contribution in [0.5, 0.6) is 11.5 Å². The number of benzene rings is 2. The molecule has 0 unspecified atom stereocenters. The minimum atomic E-state index is -0.104. The van der Waals surface area contributed by atoms with Crippen molar-refractivity contribution in [2.45, 2.75) is 26.3 Å². The predicted octanol–water partition coefficient (Wildman–Crippen LogP) is 3.43. The van der Waals surface area contributed by atoms with E-state index in [1.807, 2.05) is 56.3 Å². The van der Waals surface area contributed by atoms with Gasteiger partial charge in [0.05, 0.1) is 26.7 Å². The van der Waals surface area contributed by atoms with Gasteiger partial charge in [0.1, 0.15) is 0 Å². The summed E-state index contributed by atoms with van der Waals surface area (Å²) in [4.78, 5) is 12.2. The van der Waals surface area contributed by atoms with Gasteiger partial charge in [0.25, 0.3) is 0 Å². The molecule has 1 atom stereocenters. The van der Waals surface area contributed by atoms with Crippen LogP contribution >= 0.6 is 0 Å². The Bertz CT molecular complexity index is 665. The van der Waals surface area contributed by atoms with Gasteiger partial charge < -0.3 is 14.8 Å². The topological polar surface area (TPSA) is 47.6 Å². The summed E-state index contributed by atoms with van der Waals surface area (Å²) in [5.74, 6) is 1.33. The monoisotopic (exact) mass is 313 g/mol. The van der Waals surface area contributed by atoms with Crippen LogP contribution in [0, 0.1) is 6.92 Å². The molecule has 0 spiro atoms. The molecule has 0 aliphatic carbocycles. The van der Waals surface area contributed by atoms with Crippen molar-refractivity contribution in [2.24, 2.45) is 0 Å². The van der Waals surface area contributed by atoms with Gasteiger partial charge in [0, 0.05) is 0 Å². The summed E-state index contributed by atoms with van der Waals surface area (Å²) in [6.07, 6.45) is 0.373. The Morgan fingerprint density at radius 2 is 1.70 bits per heavy atom. The molecule has 0 aromatic heterocycles. The van der Waals surface area contributed by atoms with E-state index in [-0.39, 0.29) is 11.9 Å². The van der Waals surface area contributed by atoms with Gasteiger partial charge in [-0.2, -0.15) is 0 Å². The quantitative estimate of drug-likeness (QED) is 0.889. The molecule has 2 aromatic carbocycles. The zero-order valence-electron chi connectivity index (χ0n) is 14.1. The van der Waals surface area contributed by atoms with E-state index in [0.717, 1.165) is 11.1 Å². The van der Waals surface area contributed by atoms with Crippen molar-refractivity contribution in [1.82, 2.24) is 5.32 Å². The van der Waals surface area contributed by atoms with Gasteiger partial charge in [-0.15, -0.1) is 0 Å². The zero-order chi connectivity index (χ0) is 16.8. The molecule has 0 aliphatic rings. The molecule has 0 fully saturated rings. The van der Waals surface area contributed by atoms with Crippen LogP contribution in [-0.4, -0.2) is 20.1 Å². The van der Waals surface area contributed by atoms with Crippen LogP contribution in [0.15, 0.2) is 42.5 Å². The average molecular weight is 313 g/mol. The fourth-order valence-corrected chi connectivity index (χ4v) is 2.39. The van der Waals surface area contributed by atoms with Gasteiger partial charge >= 0.3 is 0 Å². The van der Waals surface area contributed by atoms with Crippen molar-refractivity contribution in [3.8, 4) is 11.5 Å². The number of methoxy groups -OCH3 is 2. The second-order valence-corrected chi connectivity index (χ2v) is 5.57. The van der Waals surface area contributed by atoms with Crippen molar-refractivity contribution in [3.05, 3.63) is 59.2 Å².